The molecule has 0 bridgehead atoms. The van der Waals surface area contributed by atoms with Crippen LogP contribution in [-0.2, 0) is 9.59 Å². The van der Waals surface area contributed by atoms with Gasteiger partial charge in [-0.15, -0.1) is 0 Å². The molecule has 2 rings (SSSR count). The van der Waals surface area contributed by atoms with E-state index in [1.54, 1.807) is 11.8 Å². The first-order valence-electron chi connectivity index (χ1n) is 8.28. The van der Waals surface area contributed by atoms with E-state index in [9.17, 15) is 14.7 Å². The third-order valence-electron chi connectivity index (χ3n) is 4.84. The predicted molar refractivity (Wildman–Crippen MR) is 80.5 cm³/mol. The molecule has 0 radical (unpaired) electrons. The summed E-state index contributed by atoms with van der Waals surface area (Å²) in [5.74, 6) is 0.740. The molecule has 2 amide bonds. The van der Waals surface area contributed by atoms with Gasteiger partial charge in [0.15, 0.2) is 6.10 Å². The van der Waals surface area contributed by atoms with Crippen LogP contribution in [0.25, 0.3) is 0 Å². The SMILES string of the molecule is CC(C(O)C(=O)NCC1CCCCC1)N(C=O)CC1CC1. The molecule has 2 saturated carbocycles. The summed E-state index contributed by atoms with van der Waals surface area (Å²) in [7, 11) is 0. The topological polar surface area (TPSA) is 69.6 Å². The maximum Gasteiger partial charge on any atom is 0.250 e. The van der Waals surface area contributed by atoms with Gasteiger partial charge in [-0.25, -0.2) is 0 Å². The maximum absolute atomic E-state index is 12.0. The van der Waals surface area contributed by atoms with Gasteiger partial charge in [-0.05, 0) is 44.4 Å². The molecule has 21 heavy (non-hydrogen) atoms. The fourth-order valence-electron chi connectivity index (χ4n) is 3.05. The van der Waals surface area contributed by atoms with E-state index in [2.05, 4.69) is 5.32 Å². The highest BCUT2D eigenvalue weighted by Gasteiger charge is 2.31. The molecule has 0 saturated heterocycles. The van der Waals surface area contributed by atoms with Gasteiger partial charge in [-0.1, -0.05) is 19.3 Å². The number of carbonyl (C=O) groups excluding carboxylic acids is 2. The van der Waals surface area contributed by atoms with Gasteiger partial charge >= 0.3 is 0 Å². The van der Waals surface area contributed by atoms with Gasteiger partial charge in [0, 0.05) is 13.1 Å². The lowest BCUT2D eigenvalue weighted by atomic mass is 9.89. The lowest BCUT2D eigenvalue weighted by Gasteiger charge is -2.29. The summed E-state index contributed by atoms with van der Waals surface area (Å²) in [5.41, 5.74) is 0. The van der Waals surface area contributed by atoms with Crippen molar-refractivity contribution in [1.82, 2.24) is 10.2 Å². The fraction of sp³-hybridized carbons (Fsp3) is 0.875. The minimum atomic E-state index is -1.14. The second-order valence-corrected chi connectivity index (χ2v) is 6.68. The summed E-state index contributed by atoms with van der Waals surface area (Å²) in [4.78, 5) is 24.7. The number of aliphatic hydroxyl groups excluding tert-OH is 1. The van der Waals surface area contributed by atoms with Gasteiger partial charge in [-0.2, -0.15) is 0 Å². The first-order valence-corrected chi connectivity index (χ1v) is 8.28. The maximum atomic E-state index is 12.0. The number of nitrogens with zero attached hydrogens (tertiary/aromatic N) is 1. The van der Waals surface area contributed by atoms with Crippen LogP contribution in [0, 0.1) is 11.8 Å². The Morgan fingerprint density at radius 2 is 1.90 bits per heavy atom. The summed E-state index contributed by atoms with van der Waals surface area (Å²) >= 11 is 0. The number of amides is 2. The molecule has 0 spiro atoms. The van der Waals surface area contributed by atoms with Crippen molar-refractivity contribution in [1.29, 1.82) is 0 Å². The molecule has 2 N–H and O–H groups in total. The number of rotatable bonds is 8. The first kappa shape index (κ1) is 16.3. The van der Waals surface area contributed by atoms with Crippen LogP contribution >= 0.6 is 0 Å². The van der Waals surface area contributed by atoms with Gasteiger partial charge in [0.05, 0.1) is 6.04 Å². The molecule has 0 heterocycles. The van der Waals surface area contributed by atoms with Gasteiger partial charge in [-0.3, -0.25) is 9.59 Å². The molecule has 5 nitrogen and oxygen atoms in total. The number of carbonyl (C=O) groups is 2. The average Bonchev–Trinajstić information content (AvgIpc) is 3.34. The Morgan fingerprint density at radius 1 is 1.24 bits per heavy atom. The van der Waals surface area contributed by atoms with Crippen molar-refractivity contribution in [2.45, 2.75) is 64.0 Å². The van der Waals surface area contributed by atoms with Crippen LogP contribution < -0.4 is 5.32 Å². The Bertz CT molecular complexity index is 351. The summed E-state index contributed by atoms with van der Waals surface area (Å²) in [6.45, 7) is 3.03. The predicted octanol–water partition coefficient (Wildman–Crippen LogP) is 1.30. The Morgan fingerprint density at radius 3 is 2.48 bits per heavy atom. The number of hydrogen-bond donors (Lipinski definition) is 2. The van der Waals surface area contributed by atoms with Crippen molar-refractivity contribution in [2.75, 3.05) is 13.1 Å². The van der Waals surface area contributed by atoms with E-state index in [1.807, 2.05) is 0 Å². The van der Waals surface area contributed by atoms with Gasteiger partial charge in [0.2, 0.25) is 6.41 Å². The molecule has 0 aromatic carbocycles. The molecule has 2 aliphatic rings. The van der Waals surface area contributed by atoms with Gasteiger partial charge in [0.25, 0.3) is 5.91 Å². The second-order valence-electron chi connectivity index (χ2n) is 6.68. The lowest BCUT2D eigenvalue weighted by Crippen LogP contribution is -2.50. The molecule has 2 aliphatic carbocycles. The third kappa shape index (κ3) is 4.99. The fourth-order valence-corrected chi connectivity index (χ4v) is 3.05. The number of hydrogen-bond acceptors (Lipinski definition) is 3. The van der Waals surface area contributed by atoms with Crippen molar-refractivity contribution >= 4 is 12.3 Å². The quantitative estimate of drug-likeness (QED) is 0.663. The highest BCUT2D eigenvalue weighted by atomic mass is 16.3. The van der Waals surface area contributed by atoms with Crippen LogP contribution in [0.1, 0.15) is 51.9 Å². The Balaban J connectivity index is 1.75. The van der Waals surface area contributed by atoms with E-state index in [0.717, 1.165) is 32.1 Å². The Labute approximate surface area is 127 Å². The van der Waals surface area contributed by atoms with E-state index in [4.69, 9.17) is 0 Å². The molecular weight excluding hydrogens is 268 g/mol. The molecular formula is C16H28N2O3. The zero-order chi connectivity index (χ0) is 15.2. The van der Waals surface area contributed by atoms with Gasteiger partial charge < -0.3 is 15.3 Å². The van der Waals surface area contributed by atoms with Crippen LogP contribution in [0.5, 0.6) is 0 Å². The summed E-state index contributed by atoms with van der Waals surface area (Å²) < 4.78 is 0. The second kappa shape index (κ2) is 7.78. The largest absolute Gasteiger partial charge is 0.381 e. The van der Waals surface area contributed by atoms with Crippen molar-refractivity contribution in [3.05, 3.63) is 0 Å². The van der Waals surface area contributed by atoms with E-state index >= 15 is 0 Å². The van der Waals surface area contributed by atoms with E-state index in [0.29, 0.717) is 24.9 Å². The lowest BCUT2D eigenvalue weighted by molar-refractivity contribution is -0.135. The van der Waals surface area contributed by atoms with E-state index in [1.165, 1.54) is 19.3 Å². The minimum Gasteiger partial charge on any atom is -0.381 e. The summed E-state index contributed by atoms with van der Waals surface area (Å²) in [6, 6.07) is -0.463. The van der Waals surface area contributed by atoms with Crippen LogP contribution in [0.15, 0.2) is 0 Å². The van der Waals surface area contributed by atoms with Crippen LogP contribution in [0.3, 0.4) is 0 Å². The average molecular weight is 296 g/mol. The normalized spacial score (nSPS) is 22.4. The van der Waals surface area contributed by atoms with Crippen LogP contribution in [0.2, 0.25) is 0 Å². The first-order chi connectivity index (χ1) is 10.1. The monoisotopic (exact) mass is 296 g/mol. The number of aliphatic hydroxyl groups is 1. The summed E-state index contributed by atoms with van der Waals surface area (Å²) in [5, 5.41) is 13.0. The Kier molecular flexibility index (Phi) is 6.03. The highest BCUT2D eigenvalue weighted by molar-refractivity contribution is 5.81. The zero-order valence-corrected chi connectivity index (χ0v) is 13.0. The molecule has 2 fully saturated rings. The van der Waals surface area contributed by atoms with Crippen LogP contribution in [-0.4, -0.2) is 47.6 Å². The third-order valence-corrected chi connectivity index (χ3v) is 4.84. The van der Waals surface area contributed by atoms with Crippen molar-refractivity contribution < 1.29 is 14.7 Å². The molecule has 0 aromatic heterocycles. The molecule has 5 heteroatoms. The van der Waals surface area contributed by atoms with Crippen molar-refractivity contribution in [3.63, 3.8) is 0 Å². The number of nitrogens with one attached hydrogen (secondary N) is 1. The van der Waals surface area contributed by atoms with Crippen molar-refractivity contribution in [2.24, 2.45) is 11.8 Å². The molecule has 0 aliphatic heterocycles. The smallest absolute Gasteiger partial charge is 0.250 e. The Hall–Kier alpha value is -1.10. The standard InChI is InChI=1S/C16H28N2O3/c1-12(18(11-19)10-14-7-8-14)15(20)16(21)17-9-13-5-3-2-4-6-13/h11-15,20H,2-10H2,1H3,(H,17,21). The van der Waals surface area contributed by atoms with E-state index < -0.39 is 12.1 Å². The molecule has 2 unspecified atom stereocenters. The zero-order valence-electron chi connectivity index (χ0n) is 13.0. The van der Waals surface area contributed by atoms with E-state index in [-0.39, 0.29) is 5.91 Å². The van der Waals surface area contributed by atoms with Crippen molar-refractivity contribution in [3.8, 4) is 0 Å². The minimum absolute atomic E-state index is 0.351. The molecule has 0 aromatic rings. The molecule has 120 valence electrons. The summed E-state index contributed by atoms with van der Waals surface area (Å²) in [6.07, 6.45) is 7.97. The highest BCUT2D eigenvalue weighted by Crippen LogP contribution is 2.30. The molecule has 2 atom stereocenters. The van der Waals surface area contributed by atoms with Crippen LogP contribution in [0.4, 0.5) is 0 Å². The van der Waals surface area contributed by atoms with Gasteiger partial charge in [0.1, 0.15) is 0 Å².